The summed E-state index contributed by atoms with van der Waals surface area (Å²) in [6, 6.07) is 6.49. The number of benzene rings is 1. The first-order chi connectivity index (χ1) is 10.7. The summed E-state index contributed by atoms with van der Waals surface area (Å²) >= 11 is 3.57. The Balaban J connectivity index is 1.79. The molecule has 1 amide bonds. The van der Waals surface area contributed by atoms with E-state index >= 15 is 0 Å². The Bertz CT molecular complexity index is 511. The van der Waals surface area contributed by atoms with Gasteiger partial charge in [0.15, 0.2) is 0 Å². The summed E-state index contributed by atoms with van der Waals surface area (Å²) in [5.41, 5.74) is 0.546. The van der Waals surface area contributed by atoms with E-state index in [0.717, 1.165) is 35.7 Å². The number of thioether (sulfide) groups is 2. The summed E-state index contributed by atoms with van der Waals surface area (Å²) in [4.78, 5) is 12.7. The summed E-state index contributed by atoms with van der Waals surface area (Å²) < 4.78 is 18.7. The maximum absolute atomic E-state index is 13.2. The van der Waals surface area contributed by atoms with Crippen molar-refractivity contribution in [2.45, 2.75) is 23.6 Å². The third-order valence-electron chi connectivity index (χ3n) is 4.21. The molecule has 6 heteroatoms. The Morgan fingerprint density at radius 3 is 2.59 bits per heavy atom. The lowest BCUT2D eigenvalue weighted by Crippen LogP contribution is -2.52. The van der Waals surface area contributed by atoms with Gasteiger partial charge in [-0.25, -0.2) is 4.39 Å². The first-order valence-electron chi connectivity index (χ1n) is 7.55. The van der Waals surface area contributed by atoms with E-state index in [0.29, 0.717) is 13.2 Å². The number of amides is 1. The van der Waals surface area contributed by atoms with E-state index in [9.17, 15) is 9.18 Å². The zero-order valence-electron chi connectivity index (χ0n) is 12.3. The first kappa shape index (κ1) is 16.1. The fourth-order valence-electron chi connectivity index (χ4n) is 2.93. The lowest BCUT2D eigenvalue weighted by Gasteiger charge is -2.39. The van der Waals surface area contributed by atoms with Crippen molar-refractivity contribution in [1.82, 2.24) is 5.32 Å². The molecule has 0 saturated carbocycles. The first-order valence-corrected chi connectivity index (χ1v) is 9.75. The zero-order valence-corrected chi connectivity index (χ0v) is 14.0. The SMILES string of the molecule is O=C(NC1(c2ccc(F)cc2)CCOCC1)C1CSCCS1. The average Bonchev–Trinajstić information content (AvgIpc) is 2.57. The van der Waals surface area contributed by atoms with Gasteiger partial charge in [-0.1, -0.05) is 12.1 Å². The third kappa shape index (κ3) is 3.60. The summed E-state index contributed by atoms with van der Waals surface area (Å²) in [5, 5.41) is 3.28. The van der Waals surface area contributed by atoms with Crippen LogP contribution in [-0.2, 0) is 15.1 Å². The molecule has 2 aliphatic heterocycles. The second-order valence-electron chi connectivity index (χ2n) is 5.62. The Morgan fingerprint density at radius 1 is 1.23 bits per heavy atom. The molecule has 2 fully saturated rings. The van der Waals surface area contributed by atoms with Gasteiger partial charge in [0.1, 0.15) is 5.82 Å². The van der Waals surface area contributed by atoms with Gasteiger partial charge in [0.25, 0.3) is 0 Å². The molecule has 1 atom stereocenters. The largest absolute Gasteiger partial charge is 0.381 e. The Morgan fingerprint density at radius 2 is 1.95 bits per heavy atom. The van der Waals surface area contributed by atoms with Gasteiger partial charge in [0, 0.05) is 30.5 Å². The van der Waals surface area contributed by atoms with Gasteiger partial charge in [-0.15, -0.1) is 11.8 Å². The van der Waals surface area contributed by atoms with Gasteiger partial charge in [-0.3, -0.25) is 4.79 Å². The molecule has 0 bridgehead atoms. The van der Waals surface area contributed by atoms with Crippen LogP contribution in [0.3, 0.4) is 0 Å². The van der Waals surface area contributed by atoms with Crippen LogP contribution in [0.2, 0.25) is 0 Å². The lowest BCUT2D eigenvalue weighted by atomic mass is 9.82. The van der Waals surface area contributed by atoms with Crippen molar-refractivity contribution in [2.75, 3.05) is 30.5 Å². The number of hydrogen-bond donors (Lipinski definition) is 1. The minimum absolute atomic E-state index is 0.0129. The van der Waals surface area contributed by atoms with E-state index in [-0.39, 0.29) is 17.0 Å². The number of rotatable bonds is 3. The molecular formula is C16H20FNO2S2. The van der Waals surface area contributed by atoms with Gasteiger partial charge in [0.05, 0.1) is 10.8 Å². The molecule has 3 nitrogen and oxygen atoms in total. The monoisotopic (exact) mass is 341 g/mol. The fourth-order valence-corrected chi connectivity index (χ4v) is 5.49. The number of carbonyl (C=O) groups is 1. The molecule has 0 aliphatic carbocycles. The van der Waals surface area contributed by atoms with Crippen molar-refractivity contribution < 1.29 is 13.9 Å². The molecule has 0 radical (unpaired) electrons. The van der Waals surface area contributed by atoms with Crippen molar-refractivity contribution in [2.24, 2.45) is 0 Å². The van der Waals surface area contributed by atoms with Crippen LogP contribution < -0.4 is 5.32 Å². The van der Waals surface area contributed by atoms with Crippen LogP contribution in [0.4, 0.5) is 4.39 Å². The zero-order chi connectivity index (χ0) is 15.4. The van der Waals surface area contributed by atoms with Crippen LogP contribution in [-0.4, -0.2) is 41.6 Å². The topological polar surface area (TPSA) is 38.3 Å². The third-order valence-corrected chi connectivity index (χ3v) is 6.97. The Hall–Kier alpha value is -0.720. The minimum Gasteiger partial charge on any atom is -0.381 e. The second-order valence-corrected chi connectivity index (χ2v) is 8.09. The highest BCUT2D eigenvalue weighted by Crippen LogP contribution is 2.33. The van der Waals surface area contributed by atoms with Crippen LogP contribution >= 0.6 is 23.5 Å². The smallest absolute Gasteiger partial charge is 0.234 e. The molecule has 1 N–H and O–H groups in total. The molecule has 0 aromatic heterocycles. The van der Waals surface area contributed by atoms with E-state index in [1.165, 1.54) is 12.1 Å². The average molecular weight is 341 g/mol. The van der Waals surface area contributed by atoms with Crippen LogP contribution in [0.15, 0.2) is 24.3 Å². The summed E-state index contributed by atoms with van der Waals surface area (Å²) in [6.07, 6.45) is 1.46. The number of ether oxygens (including phenoxy) is 1. The van der Waals surface area contributed by atoms with Crippen molar-refractivity contribution in [3.8, 4) is 0 Å². The fraction of sp³-hybridized carbons (Fsp3) is 0.562. The normalized spacial score (nSPS) is 24.7. The summed E-state index contributed by atoms with van der Waals surface area (Å²) in [7, 11) is 0. The minimum atomic E-state index is -0.425. The molecule has 2 aliphatic rings. The molecule has 22 heavy (non-hydrogen) atoms. The molecule has 120 valence electrons. The van der Waals surface area contributed by atoms with Gasteiger partial charge in [0.2, 0.25) is 5.91 Å². The van der Waals surface area contributed by atoms with E-state index in [2.05, 4.69) is 5.32 Å². The van der Waals surface area contributed by atoms with E-state index in [1.54, 1.807) is 23.9 Å². The summed E-state index contributed by atoms with van der Waals surface area (Å²) in [6.45, 7) is 1.23. The number of nitrogens with one attached hydrogen (secondary N) is 1. The maximum Gasteiger partial charge on any atom is 0.234 e. The van der Waals surface area contributed by atoms with Crippen molar-refractivity contribution in [3.63, 3.8) is 0 Å². The quantitative estimate of drug-likeness (QED) is 0.917. The molecule has 2 heterocycles. The van der Waals surface area contributed by atoms with Crippen molar-refractivity contribution >= 4 is 29.4 Å². The maximum atomic E-state index is 13.2. The van der Waals surface area contributed by atoms with Gasteiger partial charge in [-0.2, -0.15) is 11.8 Å². The molecule has 1 aromatic rings. The Kier molecular flexibility index (Phi) is 5.31. The van der Waals surface area contributed by atoms with Crippen molar-refractivity contribution in [1.29, 1.82) is 0 Å². The predicted octanol–water partition coefficient (Wildman–Crippen LogP) is 2.80. The highest BCUT2D eigenvalue weighted by atomic mass is 32.2. The molecule has 1 aromatic carbocycles. The number of hydrogen-bond acceptors (Lipinski definition) is 4. The van der Waals surface area contributed by atoms with Crippen LogP contribution in [0.5, 0.6) is 0 Å². The predicted molar refractivity (Wildman–Crippen MR) is 89.8 cm³/mol. The molecule has 0 spiro atoms. The number of halogens is 1. The van der Waals surface area contributed by atoms with Crippen LogP contribution in [0.25, 0.3) is 0 Å². The summed E-state index contributed by atoms with van der Waals surface area (Å²) in [5.74, 6) is 2.85. The van der Waals surface area contributed by atoms with Crippen LogP contribution in [0.1, 0.15) is 18.4 Å². The molecular weight excluding hydrogens is 321 g/mol. The highest BCUT2D eigenvalue weighted by Gasteiger charge is 2.38. The second kappa shape index (κ2) is 7.23. The molecule has 3 rings (SSSR count). The highest BCUT2D eigenvalue weighted by molar-refractivity contribution is 8.07. The van der Waals surface area contributed by atoms with Crippen molar-refractivity contribution in [3.05, 3.63) is 35.6 Å². The van der Waals surface area contributed by atoms with Crippen LogP contribution in [0, 0.1) is 5.82 Å². The van der Waals surface area contributed by atoms with Gasteiger partial charge < -0.3 is 10.1 Å². The van der Waals surface area contributed by atoms with Gasteiger partial charge >= 0.3 is 0 Å². The Labute approximate surface area is 138 Å². The van der Waals surface area contributed by atoms with Gasteiger partial charge in [-0.05, 0) is 30.5 Å². The molecule has 1 unspecified atom stereocenters. The van der Waals surface area contributed by atoms with E-state index in [4.69, 9.17) is 4.74 Å². The lowest BCUT2D eigenvalue weighted by molar-refractivity contribution is -0.123. The van der Waals surface area contributed by atoms with E-state index in [1.807, 2.05) is 11.8 Å². The molecule has 2 saturated heterocycles. The van der Waals surface area contributed by atoms with E-state index < -0.39 is 5.54 Å². The standard InChI is InChI=1S/C16H20FNO2S2/c17-13-3-1-12(2-4-13)16(5-7-20-8-6-16)18-15(19)14-11-21-9-10-22-14/h1-4,14H,5-11H2,(H,18,19). The number of carbonyl (C=O) groups excluding carboxylic acids is 1.